The summed E-state index contributed by atoms with van der Waals surface area (Å²) in [6, 6.07) is 17.1. The molecule has 4 aromatic rings. The van der Waals surface area contributed by atoms with Gasteiger partial charge < -0.3 is 4.98 Å². The third-order valence-corrected chi connectivity index (χ3v) is 4.37. The van der Waals surface area contributed by atoms with E-state index in [-0.39, 0.29) is 5.91 Å². The van der Waals surface area contributed by atoms with E-state index in [2.05, 4.69) is 20.6 Å². The number of halogens is 1. The van der Waals surface area contributed by atoms with E-state index in [1.165, 1.54) is 0 Å². The molecule has 0 saturated heterocycles. The maximum absolute atomic E-state index is 12.2. The number of hydrogen-bond donors (Lipinski definition) is 2. The monoisotopic (exact) mass is 377 g/mol. The molecule has 2 N–H and O–H groups in total. The average molecular weight is 378 g/mol. The van der Waals surface area contributed by atoms with Gasteiger partial charge in [0.15, 0.2) is 5.69 Å². The molecule has 0 saturated carbocycles. The molecule has 0 spiro atoms. The first kappa shape index (κ1) is 17.1. The molecule has 0 aliphatic heterocycles. The molecule has 0 radical (unpaired) electrons. The smallest absolute Gasteiger partial charge is 0.291 e. The van der Waals surface area contributed by atoms with Gasteiger partial charge in [0, 0.05) is 33.9 Å². The Hall–Kier alpha value is -3.38. The van der Waals surface area contributed by atoms with E-state index < -0.39 is 0 Å². The second-order valence-electron chi connectivity index (χ2n) is 6.01. The summed E-state index contributed by atoms with van der Waals surface area (Å²) in [4.78, 5) is 15.4. The topological polar surface area (TPSA) is 75.1 Å². The SMILES string of the molecule is O=C(N/N=C\c1c[nH]c2ccccc12)c1ccn(Cc2ccc(Cl)cc2)n1. The molecule has 0 unspecified atom stereocenters. The highest BCUT2D eigenvalue weighted by Gasteiger charge is 2.09. The molecule has 7 heteroatoms. The number of H-pyrrole nitrogens is 1. The third kappa shape index (κ3) is 3.91. The third-order valence-electron chi connectivity index (χ3n) is 4.12. The standard InChI is InChI=1S/C20H16ClN5O/c21-16-7-5-14(6-8-16)13-26-10-9-19(25-26)20(27)24-23-12-15-11-22-18-4-2-1-3-17(15)18/h1-12,22H,13H2,(H,24,27)/b23-12-. The molecule has 4 rings (SSSR count). The Morgan fingerprint density at radius 1 is 1.19 bits per heavy atom. The zero-order chi connectivity index (χ0) is 18.6. The number of aromatic nitrogens is 3. The van der Waals surface area contributed by atoms with Crippen LogP contribution in [0, 0.1) is 0 Å². The van der Waals surface area contributed by atoms with Crippen molar-refractivity contribution in [2.24, 2.45) is 5.10 Å². The molecule has 2 aromatic heterocycles. The zero-order valence-electron chi connectivity index (χ0n) is 14.3. The van der Waals surface area contributed by atoms with Crippen molar-refractivity contribution in [2.45, 2.75) is 6.54 Å². The minimum absolute atomic E-state index is 0.306. The highest BCUT2D eigenvalue weighted by Crippen LogP contribution is 2.15. The number of nitrogens with one attached hydrogen (secondary N) is 2. The Morgan fingerprint density at radius 3 is 2.85 bits per heavy atom. The van der Waals surface area contributed by atoms with Crippen LogP contribution in [-0.4, -0.2) is 26.9 Å². The van der Waals surface area contributed by atoms with Crippen LogP contribution >= 0.6 is 11.6 Å². The Kier molecular flexibility index (Phi) is 4.72. The van der Waals surface area contributed by atoms with E-state index in [1.54, 1.807) is 23.2 Å². The molecular formula is C20H16ClN5O. The number of nitrogens with zero attached hydrogens (tertiary/aromatic N) is 3. The summed E-state index contributed by atoms with van der Waals surface area (Å²) in [6.07, 6.45) is 5.22. The van der Waals surface area contributed by atoms with Crippen LogP contribution in [0.1, 0.15) is 21.6 Å². The summed E-state index contributed by atoms with van der Waals surface area (Å²) in [5, 5.41) is 10.1. The van der Waals surface area contributed by atoms with Crippen molar-refractivity contribution in [3.8, 4) is 0 Å². The van der Waals surface area contributed by atoms with Crippen molar-refractivity contribution < 1.29 is 4.79 Å². The largest absolute Gasteiger partial charge is 0.361 e. The molecule has 0 aliphatic rings. The first-order valence-electron chi connectivity index (χ1n) is 8.36. The van der Waals surface area contributed by atoms with E-state index in [1.807, 2.05) is 54.7 Å². The minimum atomic E-state index is -0.360. The molecule has 1 amide bonds. The van der Waals surface area contributed by atoms with Crippen LogP contribution in [0.5, 0.6) is 0 Å². The fourth-order valence-corrected chi connectivity index (χ4v) is 2.89. The van der Waals surface area contributed by atoms with Crippen molar-refractivity contribution in [3.63, 3.8) is 0 Å². The summed E-state index contributed by atoms with van der Waals surface area (Å²) >= 11 is 5.89. The molecule has 0 aliphatic carbocycles. The van der Waals surface area contributed by atoms with Crippen molar-refractivity contribution in [3.05, 3.63) is 88.8 Å². The second kappa shape index (κ2) is 7.47. The van der Waals surface area contributed by atoms with E-state index in [0.29, 0.717) is 17.3 Å². The number of rotatable bonds is 5. The number of carbonyl (C=O) groups is 1. The number of carbonyl (C=O) groups excluding carboxylic acids is 1. The van der Waals surface area contributed by atoms with Gasteiger partial charge in [0.2, 0.25) is 0 Å². The number of fused-ring (bicyclic) bond motifs is 1. The van der Waals surface area contributed by atoms with Gasteiger partial charge in [-0.15, -0.1) is 0 Å². The molecule has 6 nitrogen and oxygen atoms in total. The zero-order valence-corrected chi connectivity index (χ0v) is 15.0. The van der Waals surface area contributed by atoms with Gasteiger partial charge in [-0.2, -0.15) is 10.2 Å². The Bertz CT molecular complexity index is 1110. The molecule has 2 aromatic carbocycles. The predicted molar refractivity (Wildman–Crippen MR) is 106 cm³/mol. The fourth-order valence-electron chi connectivity index (χ4n) is 2.77. The summed E-state index contributed by atoms with van der Waals surface area (Å²) in [6.45, 7) is 0.559. The molecule has 0 bridgehead atoms. The highest BCUT2D eigenvalue weighted by atomic mass is 35.5. The molecule has 0 atom stereocenters. The van der Waals surface area contributed by atoms with E-state index in [0.717, 1.165) is 22.0 Å². The maximum atomic E-state index is 12.2. The highest BCUT2D eigenvalue weighted by molar-refractivity contribution is 6.30. The summed E-state index contributed by atoms with van der Waals surface area (Å²) in [5.74, 6) is -0.360. The summed E-state index contributed by atoms with van der Waals surface area (Å²) < 4.78 is 1.70. The van der Waals surface area contributed by atoms with Gasteiger partial charge in [-0.3, -0.25) is 9.48 Å². The quantitative estimate of drug-likeness (QED) is 0.409. The number of amides is 1. The van der Waals surface area contributed by atoms with Gasteiger partial charge in [0.05, 0.1) is 12.8 Å². The first-order valence-corrected chi connectivity index (χ1v) is 8.74. The number of hydrogen-bond acceptors (Lipinski definition) is 3. The van der Waals surface area contributed by atoms with Crippen LogP contribution in [0.4, 0.5) is 0 Å². The normalized spacial score (nSPS) is 11.3. The number of para-hydroxylation sites is 1. The van der Waals surface area contributed by atoms with Crippen molar-refractivity contribution in [1.82, 2.24) is 20.2 Å². The van der Waals surface area contributed by atoms with Crippen LogP contribution in [0.15, 0.2) is 72.1 Å². The van der Waals surface area contributed by atoms with Gasteiger partial charge in [0.1, 0.15) is 0 Å². The Balaban J connectivity index is 1.40. The molecule has 27 heavy (non-hydrogen) atoms. The van der Waals surface area contributed by atoms with E-state index >= 15 is 0 Å². The van der Waals surface area contributed by atoms with Gasteiger partial charge in [-0.05, 0) is 29.8 Å². The molecular weight excluding hydrogens is 362 g/mol. The average Bonchev–Trinajstić information content (AvgIpc) is 3.31. The van der Waals surface area contributed by atoms with Gasteiger partial charge >= 0.3 is 0 Å². The van der Waals surface area contributed by atoms with Crippen LogP contribution in [0.25, 0.3) is 10.9 Å². The first-order chi connectivity index (χ1) is 13.2. The lowest BCUT2D eigenvalue weighted by Gasteiger charge is -2.02. The van der Waals surface area contributed by atoms with Gasteiger partial charge in [0.25, 0.3) is 5.91 Å². The number of benzene rings is 2. The predicted octanol–water partition coefficient (Wildman–Crippen LogP) is 3.83. The van der Waals surface area contributed by atoms with Crippen molar-refractivity contribution in [2.75, 3.05) is 0 Å². The molecule has 134 valence electrons. The lowest BCUT2D eigenvalue weighted by atomic mass is 10.2. The Labute approximate surface area is 160 Å². The maximum Gasteiger partial charge on any atom is 0.291 e. The second-order valence-corrected chi connectivity index (χ2v) is 6.45. The van der Waals surface area contributed by atoms with Gasteiger partial charge in [-0.25, -0.2) is 5.43 Å². The van der Waals surface area contributed by atoms with Crippen molar-refractivity contribution >= 4 is 34.6 Å². The minimum Gasteiger partial charge on any atom is -0.361 e. The van der Waals surface area contributed by atoms with Crippen LogP contribution in [0.2, 0.25) is 5.02 Å². The molecule has 2 heterocycles. The lowest BCUT2D eigenvalue weighted by molar-refractivity contribution is 0.0949. The van der Waals surface area contributed by atoms with Crippen LogP contribution in [0.3, 0.4) is 0 Å². The van der Waals surface area contributed by atoms with E-state index in [9.17, 15) is 4.79 Å². The number of aromatic amines is 1. The fraction of sp³-hybridized carbons (Fsp3) is 0.0500. The number of hydrazone groups is 1. The summed E-state index contributed by atoms with van der Waals surface area (Å²) in [5.41, 5.74) is 5.79. The van der Waals surface area contributed by atoms with Gasteiger partial charge in [-0.1, -0.05) is 41.9 Å². The summed E-state index contributed by atoms with van der Waals surface area (Å²) in [7, 11) is 0. The lowest BCUT2D eigenvalue weighted by Crippen LogP contribution is -2.18. The Morgan fingerprint density at radius 2 is 2.00 bits per heavy atom. The van der Waals surface area contributed by atoms with Crippen LogP contribution < -0.4 is 5.43 Å². The van der Waals surface area contributed by atoms with Crippen LogP contribution in [-0.2, 0) is 6.54 Å². The van der Waals surface area contributed by atoms with E-state index in [4.69, 9.17) is 11.6 Å². The molecule has 0 fully saturated rings. The van der Waals surface area contributed by atoms with Crippen molar-refractivity contribution in [1.29, 1.82) is 0 Å².